The fourth-order valence-electron chi connectivity index (χ4n) is 3.87. The number of aromatic carboxylic acids is 1. The first kappa shape index (κ1) is 28.0. The molecule has 0 aliphatic carbocycles. The Morgan fingerprint density at radius 2 is 2.03 bits per heavy atom. The molecule has 4 N–H and O–H groups in total. The highest BCUT2D eigenvalue weighted by atomic mass is 35.5. The van der Waals surface area contributed by atoms with E-state index in [-0.39, 0.29) is 17.6 Å². The molecule has 1 aromatic heterocycles. The Morgan fingerprint density at radius 3 is 2.75 bits per heavy atom. The molecule has 1 atom stereocenters. The van der Waals surface area contributed by atoms with Crippen LogP contribution < -0.4 is 15.4 Å². The zero-order valence-electron chi connectivity index (χ0n) is 19.2. The number of carboxylic acid groups (broad SMARTS) is 1. The van der Waals surface area contributed by atoms with Crippen molar-refractivity contribution in [1.82, 2.24) is 14.6 Å². The summed E-state index contributed by atoms with van der Waals surface area (Å²) < 4.78 is 50.5. The highest BCUT2D eigenvalue weighted by molar-refractivity contribution is 7.11. The van der Waals surface area contributed by atoms with Crippen molar-refractivity contribution in [3.05, 3.63) is 39.7 Å². The smallest absolute Gasteiger partial charge is 0.344 e. The number of nitrogens with one attached hydrogen (secondary N) is 2. The Kier molecular flexibility index (Phi) is 10.2. The summed E-state index contributed by atoms with van der Waals surface area (Å²) >= 11 is 5.99. The maximum Gasteiger partial charge on any atom is 0.344 e. The van der Waals surface area contributed by atoms with Gasteiger partial charge in [-0.25, -0.2) is 22.8 Å². The molecule has 198 valence electrons. The third kappa shape index (κ3) is 6.99. The predicted molar refractivity (Wildman–Crippen MR) is 127 cm³/mol. The fraction of sp³-hybridized carbons (Fsp3) is 0.500. The number of amides is 2. The molecule has 36 heavy (non-hydrogen) atoms. The number of anilines is 1. The van der Waals surface area contributed by atoms with E-state index in [9.17, 15) is 33.0 Å². The topological polar surface area (TPSA) is 124 Å². The first-order chi connectivity index (χ1) is 17.2. The lowest BCUT2D eigenvalue weighted by atomic mass is 10.0. The van der Waals surface area contributed by atoms with Gasteiger partial charge in [0.05, 0.1) is 17.2 Å². The molecule has 1 fully saturated rings. The van der Waals surface area contributed by atoms with Crippen LogP contribution in [0.4, 0.5) is 23.0 Å². The summed E-state index contributed by atoms with van der Waals surface area (Å²) in [5, 5.41) is 23.1. The summed E-state index contributed by atoms with van der Waals surface area (Å²) in [6.07, 6.45) is 4.68. The van der Waals surface area contributed by atoms with Crippen LogP contribution in [0.3, 0.4) is 0 Å². The van der Waals surface area contributed by atoms with Gasteiger partial charge in [-0.1, -0.05) is 18.0 Å². The van der Waals surface area contributed by atoms with Crippen LogP contribution in [0.1, 0.15) is 48.0 Å². The Balaban J connectivity index is 1.51. The SMILES string of the molecule is O=C(NCCCCN1CCCCC1CO)Nc1snc(OCc2c(F)cc(Cl)c(F)c2F)c1C(=O)O. The molecule has 1 aromatic carbocycles. The molecule has 1 saturated heterocycles. The number of aromatic nitrogens is 1. The van der Waals surface area contributed by atoms with Crippen molar-refractivity contribution in [3.8, 4) is 5.88 Å². The zero-order valence-corrected chi connectivity index (χ0v) is 20.7. The van der Waals surface area contributed by atoms with Gasteiger partial charge in [-0.2, -0.15) is 4.37 Å². The Hall–Kier alpha value is -2.61. The van der Waals surface area contributed by atoms with Crippen molar-refractivity contribution in [1.29, 1.82) is 0 Å². The number of aliphatic hydroxyl groups excluding tert-OH is 1. The van der Waals surface area contributed by atoms with Gasteiger partial charge in [0.1, 0.15) is 17.4 Å². The molecule has 2 amide bonds. The number of hydrogen-bond acceptors (Lipinski definition) is 7. The van der Waals surface area contributed by atoms with Crippen molar-refractivity contribution in [3.63, 3.8) is 0 Å². The highest BCUT2D eigenvalue weighted by Crippen LogP contribution is 2.32. The summed E-state index contributed by atoms with van der Waals surface area (Å²) in [7, 11) is 0. The van der Waals surface area contributed by atoms with Crippen LogP contribution in [-0.4, -0.2) is 63.8 Å². The Labute approximate surface area is 214 Å². The quantitative estimate of drug-likeness (QED) is 0.187. The van der Waals surface area contributed by atoms with Crippen molar-refractivity contribution in [2.75, 3.05) is 31.6 Å². The molecule has 0 radical (unpaired) electrons. The first-order valence-electron chi connectivity index (χ1n) is 11.3. The highest BCUT2D eigenvalue weighted by Gasteiger charge is 2.25. The molecule has 0 saturated carbocycles. The first-order valence-corrected chi connectivity index (χ1v) is 12.5. The molecule has 2 heterocycles. The third-order valence-electron chi connectivity index (χ3n) is 5.78. The minimum Gasteiger partial charge on any atom is -0.477 e. The molecule has 9 nitrogen and oxygen atoms in total. The Morgan fingerprint density at radius 1 is 1.25 bits per heavy atom. The van der Waals surface area contributed by atoms with Crippen LogP contribution in [0.5, 0.6) is 5.88 Å². The summed E-state index contributed by atoms with van der Waals surface area (Å²) in [5.74, 6) is -6.17. The van der Waals surface area contributed by atoms with E-state index in [1.54, 1.807) is 0 Å². The summed E-state index contributed by atoms with van der Waals surface area (Å²) in [4.78, 5) is 26.2. The molecule has 3 rings (SSSR count). The molecule has 1 aliphatic heterocycles. The van der Waals surface area contributed by atoms with Gasteiger partial charge in [-0.15, -0.1) is 0 Å². The monoisotopic (exact) mass is 550 g/mol. The van der Waals surface area contributed by atoms with E-state index >= 15 is 0 Å². The van der Waals surface area contributed by atoms with Crippen LogP contribution in [0.2, 0.25) is 5.02 Å². The lowest BCUT2D eigenvalue weighted by molar-refractivity contribution is 0.0693. The number of aliphatic hydroxyl groups is 1. The van der Waals surface area contributed by atoms with Crippen molar-refractivity contribution in [2.24, 2.45) is 0 Å². The van der Waals surface area contributed by atoms with E-state index in [0.29, 0.717) is 30.6 Å². The van der Waals surface area contributed by atoms with Crippen molar-refractivity contribution >= 4 is 40.1 Å². The average molecular weight is 551 g/mol. The van der Waals surface area contributed by atoms with E-state index in [2.05, 4.69) is 19.9 Å². The van der Waals surface area contributed by atoms with E-state index in [0.717, 1.165) is 38.8 Å². The molecule has 0 bridgehead atoms. The molecular weight excluding hydrogens is 525 g/mol. The van der Waals surface area contributed by atoms with E-state index in [1.165, 1.54) is 0 Å². The molecule has 2 aromatic rings. The van der Waals surface area contributed by atoms with Gasteiger partial charge in [-0.05, 0) is 56.4 Å². The normalized spacial score (nSPS) is 16.1. The van der Waals surface area contributed by atoms with E-state index in [4.69, 9.17) is 16.3 Å². The van der Waals surface area contributed by atoms with Crippen LogP contribution in [0, 0.1) is 17.5 Å². The number of urea groups is 1. The van der Waals surface area contributed by atoms with Crippen LogP contribution in [-0.2, 0) is 6.61 Å². The molecule has 1 unspecified atom stereocenters. The largest absolute Gasteiger partial charge is 0.477 e. The van der Waals surface area contributed by atoms with Crippen molar-refractivity contribution < 1.29 is 37.7 Å². The average Bonchev–Trinajstić information content (AvgIpc) is 3.25. The number of nitrogens with zero attached hydrogens (tertiary/aromatic N) is 2. The van der Waals surface area contributed by atoms with E-state index < -0.39 is 58.1 Å². The summed E-state index contributed by atoms with van der Waals surface area (Å²) in [5.41, 5.74) is -1.30. The van der Waals surface area contributed by atoms with Gasteiger partial charge < -0.3 is 20.3 Å². The predicted octanol–water partition coefficient (Wildman–Crippen LogP) is 4.24. The lowest BCUT2D eigenvalue weighted by Gasteiger charge is -2.34. The maximum atomic E-state index is 14.0. The number of hydrogen-bond donors (Lipinski definition) is 4. The maximum absolute atomic E-state index is 14.0. The second-order valence-corrected chi connectivity index (χ2v) is 9.37. The number of likely N-dealkylation sites (tertiary alicyclic amines) is 1. The third-order valence-corrected chi connectivity index (χ3v) is 6.80. The van der Waals surface area contributed by atoms with Crippen LogP contribution in [0.15, 0.2) is 6.07 Å². The van der Waals surface area contributed by atoms with Gasteiger partial charge in [0.25, 0.3) is 0 Å². The second-order valence-electron chi connectivity index (χ2n) is 8.19. The fourth-order valence-corrected chi connectivity index (χ4v) is 4.78. The van der Waals surface area contributed by atoms with Crippen LogP contribution >= 0.6 is 23.1 Å². The standard InChI is InChI=1S/C22H26ClF3N4O5S/c23-14-9-15(24)13(17(25)18(14)26)11-35-19-16(21(32)33)20(36-29-19)28-22(34)27-6-2-4-8-30-7-3-1-5-12(30)10-31/h9,12,31H,1-8,10-11H2,(H,32,33)(H2,27,28,34). The van der Waals surface area contributed by atoms with Gasteiger partial charge in [0, 0.05) is 12.6 Å². The molecule has 14 heteroatoms. The number of carbonyl (C=O) groups excluding carboxylic acids is 1. The number of unbranched alkanes of at least 4 members (excludes halogenated alkanes) is 1. The number of carbonyl (C=O) groups is 2. The molecular formula is C22H26ClF3N4O5S. The van der Waals surface area contributed by atoms with Crippen LogP contribution in [0.25, 0.3) is 0 Å². The minimum atomic E-state index is -1.56. The van der Waals surface area contributed by atoms with Gasteiger partial charge >= 0.3 is 12.0 Å². The van der Waals surface area contributed by atoms with Gasteiger partial charge in [-0.3, -0.25) is 10.2 Å². The number of halogens is 4. The number of carboxylic acids is 1. The van der Waals surface area contributed by atoms with Gasteiger partial charge in [0.2, 0.25) is 5.88 Å². The van der Waals surface area contributed by atoms with E-state index in [1.807, 2.05) is 0 Å². The Bertz CT molecular complexity index is 1090. The number of rotatable bonds is 11. The van der Waals surface area contributed by atoms with Gasteiger partial charge in [0.15, 0.2) is 17.2 Å². The molecule has 0 spiro atoms. The summed E-state index contributed by atoms with van der Waals surface area (Å²) in [6, 6.07) is 0.0989. The lowest BCUT2D eigenvalue weighted by Crippen LogP contribution is -2.42. The number of ether oxygens (including phenoxy) is 1. The van der Waals surface area contributed by atoms with Crippen molar-refractivity contribution in [2.45, 2.75) is 44.8 Å². The number of benzene rings is 1. The number of piperidine rings is 1. The minimum absolute atomic E-state index is 0.133. The zero-order chi connectivity index (χ0) is 26.2. The summed E-state index contributed by atoms with van der Waals surface area (Å²) in [6.45, 7) is 1.38. The molecule has 1 aliphatic rings. The second kappa shape index (κ2) is 13.1.